The molecule has 0 atom stereocenters. The number of aromatic amines is 2. The largest absolute Gasteiger partial charge is 0.508 e. The van der Waals surface area contributed by atoms with Gasteiger partial charge in [-0.05, 0) is 30.0 Å². The van der Waals surface area contributed by atoms with E-state index in [2.05, 4.69) is 4.98 Å². The maximum Gasteiger partial charge on any atom is 0.352 e. The van der Waals surface area contributed by atoms with Gasteiger partial charge in [0.15, 0.2) is 0 Å². The summed E-state index contributed by atoms with van der Waals surface area (Å²) in [6.07, 6.45) is 0. The predicted molar refractivity (Wildman–Crippen MR) is 88.3 cm³/mol. The van der Waals surface area contributed by atoms with Crippen molar-refractivity contribution in [2.75, 3.05) is 4.72 Å². The van der Waals surface area contributed by atoms with Crippen molar-refractivity contribution < 1.29 is 18.6 Å². The first kappa shape index (κ1) is 16.5. The van der Waals surface area contributed by atoms with Crippen molar-refractivity contribution in [2.24, 2.45) is 0 Å². The van der Waals surface area contributed by atoms with E-state index in [4.69, 9.17) is 0 Å². The second kappa shape index (κ2) is 5.63. The lowest BCUT2D eigenvalue weighted by Gasteiger charge is -2.10. The van der Waals surface area contributed by atoms with Crippen LogP contribution in [0.5, 0.6) is 11.5 Å². The first-order chi connectivity index (χ1) is 11.7. The third-order valence-corrected chi connectivity index (χ3v) is 4.87. The molecule has 1 heterocycles. The standard InChI is InChI=1S/C14H12N4O6S/c1-6-8-3-2-7(4-9(8)11(20)5-10(6)19)25(23,24)18-12-15-13(21)17-14(22)16-12/h2-5,19-20H,1H3,(H3,15,16,17,18,21,22). The van der Waals surface area contributed by atoms with E-state index in [1.165, 1.54) is 18.2 Å². The van der Waals surface area contributed by atoms with Crippen LogP contribution in [0, 0.1) is 6.92 Å². The first-order valence-corrected chi connectivity index (χ1v) is 8.34. The normalized spacial score (nSPS) is 11.6. The molecule has 0 amide bonds. The van der Waals surface area contributed by atoms with E-state index in [9.17, 15) is 28.2 Å². The molecule has 25 heavy (non-hydrogen) atoms. The van der Waals surface area contributed by atoms with E-state index in [0.717, 1.165) is 6.07 Å². The van der Waals surface area contributed by atoms with E-state index in [-0.39, 0.29) is 21.8 Å². The summed E-state index contributed by atoms with van der Waals surface area (Å²) < 4.78 is 26.8. The van der Waals surface area contributed by atoms with Crippen LogP contribution in [0.2, 0.25) is 0 Å². The molecule has 0 unspecified atom stereocenters. The Bertz CT molecular complexity index is 1180. The van der Waals surface area contributed by atoms with Gasteiger partial charge in [0.1, 0.15) is 11.5 Å². The molecule has 0 aliphatic heterocycles. The maximum atomic E-state index is 12.4. The number of aromatic nitrogens is 3. The number of nitrogens with one attached hydrogen (secondary N) is 3. The third kappa shape index (κ3) is 3.04. The highest BCUT2D eigenvalue weighted by atomic mass is 32.2. The van der Waals surface area contributed by atoms with Gasteiger partial charge in [-0.3, -0.25) is 9.97 Å². The molecular weight excluding hydrogens is 352 g/mol. The van der Waals surface area contributed by atoms with Crippen molar-refractivity contribution >= 4 is 26.7 Å². The molecule has 0 spiro atoms. The van der Waals surface area contributed by atoms with Crippen LogP contribution in [0.25, 0.3) is 10.8 Å². The number of sulfonamides is 1. The van der Waals surface area contributed by atoms with Crippen LogP contribution in [0.15, 0.2) is 38.8 Å². The number of fused-ring (bicyclic) bond motifs is 1. The molecule has 130 valence electrons. The van der Waals surface area contributed by atoms with Crippen molar-refractivity contribution in [3.05, 3.63) is 50.8 Å². The number of anilines is 1. The summed E-state index contributed by atoms with van der Waals surface area (Å²) in [4.78, 5) is 29.3. The first-order valence-electron chi connectivity index (χ1n) is 6.86. The van der Waals surface area contributed by atoms with Gasteiger partial charge in [0.25, 0.3) is 10.0 Å². The van der Waals surface area contributed by atoms with Gasteiger partial charge in [-0.25, -0.2) is 22.7 Å². The van der Waals surface area contributed by atoms with Gasteiger partial charge in [-0.15, -0.1) is 0 Å². The zero-order valence-electron chi connectivity index (χ0n) is 12.7. The molecule has 1 aromatic heterocycles. The molecule has 2 aromatic carbocycles. The zero-order chi connectivity index (χ0) is 18.4. The van der Waals surface area contributed by atoms with E-state index >= 15 is 0 Å². The van der Waals surface area contributed by atoms with Crippen LogP contribution < -0.4 is 16.1 Å². The van der Waals surface area contributed by atoms with E-state index in [1.807, 2.05) is 14.7 Å². The summed E-state index contributed by atoms with van der Waals surface area (Å²) in [6.45, 7) is 1.62. The van der Waals surface area contributed by atoms with E-state index in [0.29, 0.717) is 10.9 Å². The van der Waals surface area contributed by atoms with Gasteiger partial charge >= 0.3 is 11.4 Å². The fraction of sp³-hybridized carbons (Fsp3) is 0.0714. The summed E-state index contributed by atoms with van der Waals surface area (Å²) >= 11 is 0. The zero-order valence-corrected chi connectivity index (χ0v) is 13.5. The summed E-state index contributed by atoms with van der Waals surface area (Å²) in [5.41, 5.74) is -1.45. The number of hydrogen-bond donors (Lipinski definition) is 5. The maximum absolute atomic E-state index is 12.4. The van der Waals surface area contributed by atoms with Gasteiger partial charge in [0.2, 0.25) is 5.95 Å². The van der Waals surface area contributed by atoms with Gasteiger partial charge in [-0.2, -0.15) is 4.98 Å². The van der Waals surface area contributed by atoms with Gasteiger partial charge in [0.05, 0.1) is 4.90 Å². The fourth-order valence-corrected chi connectivity index (χ4v) is 3.30. The minimum Gasteiger partial charge on any atom is -0.508 e. The molecule has 0 aliphatic carbocycles. The lowest BCUT2D eigenvalue weighted by molar-refractivity contribution is 0.452. The highest BCUT2D eigenvalue weighted by Crippen LogP contribution is 2.35. The van der Waals surface area contributed by atoms with Crippen molar-refractivity contribution in [1.82, 2.24) is 15.0 Å². The van der Waals surface area contributed by atoms with E-state index < -0.39 is 27.4 Å². The molecule has 10 nitrogen and oxygen atoms in total. The Balaban J connectivity index is 2.11. The third-order valence-electron chi connectivity index (χ3n) is 3.54. The average Bonchev–Trinajstić information content (AvgIpc) is 2.50. The number of phenols is 2. The second-order valence-corrected chi connectivity index (χ2v) is 6.88. The lowest BCUT2D eigenvalue weighted by atomic mass is 10.0. The lowest BCUT2D eigenvalue weighted by Crippen LogP contribution is -2.28. The minimum absolute atomic E-state index is 0.121. The Kier molecular flexibility index (Phi) is 3.72. The number of rotatable bonds is 3. The molecule has 11 heteroatoms. The Labute approximate surface area is 139 Å². The summed E-state index contributed by atoms with van der Waals surface area (Å²) in [5, 5.41) is 20.3. The van der Waals surface area contributed by atoms with Crippen LogP contribution in [0.1, 0.15) is 5.56 Å². The fourth-order valence-electron chi connectivity index (χ4n) is 2.31. The molecular formula is C14H12N4O6S. The van der Waals surface area contributed by atoms with Crippen molar-refractivity contribution in [3.8, 4) is 11.5 Å². The highest BCUT2D eigenvalue weighted by molar-refractivity contribution is 7.92. The molecule has 0 saturated carbocycles. The number of benzene rings is 2. The predicted octanol–water partition coefficient (Wildman–Crippen LogP) is 0.132. The van der Waals surface area contributed by atoms with Crippen molar-refractivity contribution in [2.45, 2.75) is 11.8 Å². The molecule has 0 fully saturated rings. The van der Waals surface area contributed by atoms with Crippen molar-refractivity contribution in [1.29, 1.82) is 0 Å². The number of H-pyrrole nitrogens is 2. The molecule has 0 bridgehead atoms. The Hall–Kier alpha value is -3.34. The average molecular weight is 364 g/mol. The molecule has 0 aliphatic rings. The second-order valence-electron chi connectivity index (χ2n) is 5.20. The number of hydrogen-bond acceptors (Lipinski definition) is 7. The smallest absolute Gasteiger partial charge is 0.352 e. The Morgan fingerprint density at radius 3 is 2.44 bits per heavy atom. The van der Waals surface area contributed by atoms with Crippen LogP contribution in [-0.2, 0) is 10.0 Å². The number of phenolic OH excluding ortho intramolecular Hbond substituents is 2. The topological polar surface area (TPSA) is 165 Å². The SMILES string of the molecule is Cc1c(O)cc(O)c2cc(S(=O)(=O)Nc3nc(=O)[nH]c(=O)[nH]3)ccc12. The van der Waals surface area contributed by atoms with Crippen molar-refractivity contribution in [3.63, 3.8) is 0 Å². The van der Waals surface area contributed by atoms with Crippen LogP contribution >= 0.6 is 0 Å². The summed E-state index contributed by atoms with van der Waals surface area (Å²) in [7, 11) is -4.19. The number of aryl methyl sites for hydroxylation is 1. The van der Waals surface area contributed by atoms with Gasteiger partial charge < -0.3 is 10.2 Å². The highest BCUT2D eigenvalue weighted by Gasteiger charge is 2.18. The molecule has 5 N–H and O–H groups in total. The van der Waals surface area contributed by atoms with Gasteiger partial charge in [0, 0.05) is 11.5 Å². The molecule has 3 rings (SSSR count). The summed E-state index contributed by atoms with van der Waals surface area (Å²) in [6, 6.07) is 4.98. The monoisotopic (exact) mass is 364 g/mol. The van der Waals surface area contributed by atoms with Crippen LogP contribution in [0.3, 0.4) is 0 Å². The molecule has 0 saturated heterocycles. The molecule has 0 radical (unpaired) electrons. The number of nitrogens with zero attached hydrogens (tertiary/aromatic N) is 1. The quantitative estimate of drug-likeness (QED) is 0.440. The van der Waals surface area contributed by atoms with Crippen LogP contribution in [0.4, 0.5) is 5.95 Å². The van der Waals surface area contributed by atoms with Crippen LogP contribution in [-0.4, -0.2) is 33.6 Å². The van der Waals surface area contributed by atoms with Gasteiger partial charge in [-0.1, -0.05) is 6.07 Å². The summed E-state index contributed by atoms with van der Waals surface area (Å²) in [5.74, 6) is -0.957. The Morgan fingerprint density at radius 1 is 1.04 bits per heavy atom. The Morgan fingerprint density at radius 2 is 1.76 bits per heavy atom. The van der Waals surface area contributed by atoms with E-state index in [1.54, 1.807) is 6.92 Å². The molecule has 3 aromatic rings. The minimum atomic E-state index is -4.19. The number of aromatic hydroxyl groups is 2.